The predicted molar refractivity (Wildman–Crippen MR) is 193 cm³/mol. The molecule has 1 aliphatic heterocycles. The summed E-state index contributed by atoms with van der Waals surface area (Å²) in [6.45, 7) is 10.6. The molecule has 0 aliphatic carbocycles. The van der Waals surface area contributed by atoms with Gasteiger partial charge in [-0.3, -0.25) is 9.48 Å². The average Bonchev–Trinajstić information content (AvgIpc) is 3.69. The largest absolute Gasteiger partial charge is 0.494 e. The maximum Gasteiger partial charge on any atom is 0.374 e. The molecule has 252 valence electrons. The lowest BCUT2D eigenvalue weighted by molar-refractivity contribution is 0.0666. The van der Waals surface area contributed by atoms with Crippen molar-refractivity contribution < 1.29 is 23.8 Å². The maximum atomic E-state index is 14.9. The molecular weight excluding hydrogens is 663 g/mol. The number of carboxylic acid groups (broad SMARTS) is 1. The molecule has 3 aromatic carbocycles. The summed E-state index contributed by atoms with van der Waals surface area (Å²) in [5.74, 6) is -1.06. The number of benzene rings is 3. The Balaban J connectivity index is 1.39. The second kappa shape index (κ2) is 12.3. The van der Waals surface area contributed by atoms with Crippen LogP contribution in [-0.4, -0.2) is 44.5 Å². The van der Waals surface area contributed by atoms with Gasteiger partial charge in [-0.25, -0.2) is 4.79 Å². The lowest BCUT2D eigenvalue weighted by Gasteiger charge is -2.34. The number of furan rings is 1. The number of nitrogens with zero attached hydrogens (tertiary/aromatic N) is 4. The number of carbonyl (C=O) groups excluding carboxylic acids is 1. The van der Waals surface area contributed by atoms with Gasteiger partial charge in [0.15, 0.2) is 0 Å². The number of para-hydroxylation sites is 1. The molecule has 6 aromatic rings. The van der Waals surface area contributed by atoms with E-state index in [-0.39, 0.29) is 29.9 Å². The van der Waals surface area contributed by atoms with Crippen LogP contribution in [-0.2, 0) is 13.5 Å². The van der Waals surface area contributed by atoms with Crippen molar-refractivity contribution in [2.45, 2.75) is 53.5 Å². The zero-order valence-corrected chi connectivity index (χ0v) is 29.7. The molecule has 0 spiro atoms. The molecule has 1 amide bonds. The van der Waals surface area contributed by atoms with E-state index in [1.807, 2.05) is 76.7 Å². The maximum absolute atomic E-state index is 14.9. The topological polar surface area (TPSA) is 103 Å². The molecule has 0 fully saturated rings. The second-order valence-electron chi connectivity index (χ2n) is 12.9. The van der Waals surface area contributed by atoms with Crippen molar-refractivity contribution in [3.63, 3.8) is 0 Å². The summed E-state index contributed by atoms with van der Waals surface area (Å²) in [6.07, 6.45) is 1.15. The third kappa shape index (κ3) is 5.27. The molecule has 0 bridgehead atoms. The minimum Gasteiger partial charge on any atom is -0.494 e. The van der Waals surface area contributed by atoms with Crippen LogP contribution in [0.5, 0.6) is 5.75 Å². The molecule has 11 heteroatoms. The SMILES string of the molecule is Cc1cc(OCCCc2c3n(c4c(-c5c(C)nn(C)c5C)c(Cl)ccc24)[C@H](C)CN(c2c(C(=O)O)oc4ccccc24)C3=O)cc(C)c1Cl. The van der Waals surface area contributed by atoms with E-state index in [0.29, 0.717) is 41.1 Å². The van der Waals surface area contributed by atoms with Gasteiger partial charge in [0.25, 0.3) is 5.91 Å². The Bertz CT molecular complexity index is 2310. The van der Waals surface area contributed by atoms with Crippen LogP contribution in [0.1, 0.15) is 68.5 Å². The highest BCUT2D eigenvalue weighted by Gasteiger charge is 2.39. The molecule has 4 heterocycles. The molecule has 0 saturated heterocycles. The van der Waals surface area contributed by atoms with Crippen LogP contribution in [0.2, 0.25) is 10.0 Å². The van der Waals surface area contributed by atoms with Gasteiger partial charge in [0.2, 0.25) is 5.76 Å². The van der Waals surface area contributed by atoms with Crippen molar-refractivity contribution in [3.05, 3.63) is 98.1 Å². The van der Waals surface area contributed by atoms with Crippen LogP contribution < -0.4 is 9.64 Å². The number of hydrogen-bond donors (Lipinski definition) is 1. The number of aromatic carboxylic acids is 1. The van der Waals surface area contributed by atoms with E-state index < -0.39 is 5.97 Å². The average molecular weight is 700 g/mol. The van der Waals surface area contributed by atoms with Gasteiger partial charge in [-0.2, -0.15) is 5.10 Å². The van der Waals surface area contributed by atoms with Gasteiger partial charge in [0, 0.05) is 52.3 Å². The molecule has 49 heavy (non-hydrogen) atoms. The number of aromatic nitrogens is 3. The van der Waals surface area contributed by atoms with E-state index in [4.69, 9.17) is 32.4 Å². The molecule has 7 rings (SSSR count). The number of ether oxygens (including phenoxy) is 1. The first-order valence-corrected chi connectivity index (χ1v) is 17.0. The summed E-state index contributed by atoms with van der Waals surface area (Å²) in [4.78, 5) is 28.9. The Morgan fingerprint density at radius 1 is 1.04 bits per heavy atom. The number of rotatable bonds is 8. The van der Waals surface area contributed by atoms with Crippen molar-refractivity contribution in [1.82, 2.24) is 14.3 Å². The Morgan fingerprint density at radius 2 is 1.76 bits per heavy atom. The van der Waals surface area contributed by atoms with Crippen molar-refractivity contribution in [3.8, 4) is 16.9 Å². The van der Waals surface area contributed by atoms with Crippen molar-refractivity contribution >= 4 is 62.6 Å². The summed E-state index contributed by atoms with van der Waals surface area (Å²) in [5, 5.41) is 17.6. The molecule has 0 radical (unpaired) electrons. The number of halogens is 2. The fourth-order valence-electron chi connectivity index (χ4n) is 7.37. The predicted octanol–water partition coefficient (Wildman–Crippen LogP) is 9.26. The van der Waals surface area contributed by atoms with E-state index in [1.165, 1.54) is 0 Å². The van der Waals surface area contributed by atoms with Gasteiger partial charge in [-0.1, -0.05) is 41.4 Å². The number of amides is 1. The van der Waals surface area contributed by atoms with Gasteiger partial charge >= 0.3 is 5.97 Å². The van der Waals surface area contributed by atoms with Crippen molar-refractivity contribution in [1.29, 1.82) is 0 Å². The van der Waals surface area contributed by atoms with Gasteiger partial charge in [-0.05, 0) is 94.5 Å². The Labute approximate surface area is 293 Å². The first kappa shape index (κ1) is 32.8. The van der Waals surface area contributed by atoms with Gasteiger partial charge in [0.1, 0.15) is 22.7 Å². The number of carbonyl (C=O) groups is 2. The fourth-order valence-corrected chi connectivity index (χ4v) is 7.72. The first-order valence-electron chi connectivity index (χ1n) is 16.2. The minimum atomic E-state index is -1.24. The zero-order chi connectivity index (χ0) is 34.9. The third-order valence-electron chi connectivity index (χ3n) is 9.60. The van der Waals surface area contributed by atoms with Crippen LogP contribution in [0, 0.1) is 27.7 Å². The number of carboxylic acids is 1. The standard InChI is InChI=1S/C38H36Cl2N4O5/c1-19-16-24(17-20(2)32(19)40)48-15-9-11-25-26-13-14-28(39)31(30-22(4)41-42(6)23(30)5)33(26)44-21(3)18-43(37(45)35(25)44)34-27-10-7-8-12-29(27)49-36(34)38(46)47/h7-8,10,12-14,16-17,21H,9,11,15,18H2,1-6H3,(H,46,47)/t21-/m1/s1. The summed E-state index contributed by atoms with van der Waals surface area (Å²) < 4.78 is 15.9. The summed E-state index contributed by atoms with van der Waals surface area (Å²) in [6, 6.07) is 14.6. The second-order valence-corrected chi connectivity index (χ2v) is 13.6. The van der Waals surface area contributed by atoms with Gasteiger partial charge < -0.3 is 23.7 Å². The van der Waals surface area contributed by atoms with Crippen molar-refractivity contribution in [2.75, 3.05) is 18.1 Å². The van der Waals surface area contributed by atoms with Crippen LogP contribution >= 0.6 is 23.2 Å². The first-order chi connectivity index (χ1) is 23.4. The van der Waals surface area contributed by atoms with Crippen molar-refractivity contribution in [2.24, 2.45) is 7.05 Å². The molecule has 1 N–H and O–H groups in total. The van der Waals surface area contributed by atoms with E-state index >= 15 is 0 Å². The monoisotopic (exact) mass is 698 g/mol. The Hall–Kier alpha value is -4.73. The molecule has 0 saturated carbocycles. The number of aryl methyl sites for hydroxylation is 5. The Kier molecular flexibility index (Phi) is 8.24. The summed E-state index contributed by atoms with van der Waals surface area (Å²) in [5.41, 5.74) is 8.31. The summed E-state index contributed by atoms with van der Waals surface area (Å²) in [7, 11) is 1.90. The van der Waals surface area contributed by atoms with Crippen LogP contribution in [0.25, 0.3) is 33.0 Å². The summed E-state index contributed by atoms with van der Waals surface area (Å²) >= 11 is 13.4. The molecule has 3 aromatic heterocycles. The smallest absolute Gasteiger partial charge is 0.374 e. The van der Waals surface area contributed by atoms with Gasteiger partial charge in [-0.15, -0.1) is 0 Å². The molecule has 1 aliphatic rings. The lowest BCUT2D eigenvalue weighted by atomic mass is 9.98. The van der Waals surface area contributed by atoms with Crippen LogP contribution in [0.3, 0.4) is 0 Å². The molecule has 0 unspecified atom stereocenters. The Morgan fingerprint density at radius 3 is 2.43 bits per heavy atom. The highest BCUT2D eigenvalue weighted by Crippen LogP contribution is 2.46. The fraction of sp³-hybridized carbons (Fsp3) is 0.289. The number of hydrogen-bond acceptors (Lipinski definition) is 5. The molecular formula is C38H36Cl2N4O5. The van der Waals surface area contributed by atoms with Crippen LogP contribution in [0.4, 0.5) is 5.69 Å². The molecule has 1 atom stereocenters. The highest BCUT2D eigenvalue weighted by molar-refractivity contribution is 6.35. The van der Waals surface area contributed by atoms with E-state index in [2.05, 4.69) is 9.67 Å². The quantitative estimate of drug-likeness (QED) is 0.159. The minimum absolute atomic E-state index is 0.230. The molecule has 9 nitrogen and oxygen atoms in total. The normalized spacial score (nSPS) is 14.7. The lowest BCUT2D eigenvalue weighted by Crippen LogP contribution is -2.43. The highest BCUT2D eigenvalue weighted by atomic mass is 35.5. The van der Waals surface area contributed by atoms with Gasteiger partial charge in [0.05, 0.1) is 22.8 Å². The van der Waals surface area contributed by atoms with E-state index in [9.17, 15) is 14.7 Å². The van der Waals surface area contributed by atoms with E-state index in [1.54, 1.807) is 23.1 Å². The van der Waals surface area contributed by atoms with Crippen LogP contribution in [0.15, 0.2) is 52.9 Å². The number of anilines is 1. The zero-order valence-electron chi connectivity index (χ0n) is 28.1. The number of fused-ring (bicyclic) bond motifs is 4. The van der Waals surface area contributed by atoms with E-state index in [0.717, 1.165) is 60.9 Å². The third-order valence-corrected chi connectivity index (χ3v) is 10.5.